The molecule has 2 heteroatoms. The highest BCUT2D eigenvalue weighted by Gasteiger charge is 2.32. The molecule has 4 aliphatic rings. The van der Waals surface area contributed by atoms with Crippen LogP contribution in [0.2, 0.25) is 0 Å². The third-order valence-corrected chi connectivity index (χ3v) is 7.89. The van der Waals surface area contributed by atoms with Crippen molar-refractivity contribution in [2.75, 3.05) is 0 Å². The van der Waals surface area contributed by atoms with Crippen molar-refractivity contribution in [2.45, 2.75) is 121 Å². The largest absolute Gasteiger partial charge is 0.291 e. The zero-order valence-electron chi connectivity index (χ0n) is 16.4. The topological polar surface area (TPSA) is 15.6 Å². The molecule has 4 fully saturated rings. The van der Waals surface area contributed by atoms with Crippen LogP contribution in [0.3, 0.4) is 0 Å². The monoisotopic (exact) mass is 344 g/mol. The molecule has 0 bridgehead atoms. The molecule has 0 amide bonds. The minimum atomic E-state index is 0.749. The van der Waals surface area contributed by atoms with Gasteiger partial charge in [0.15, 0.2) is 0 Å². The highest BCUT2D eigenvalue weighted by Crippen LogP contribution is 2.42. The Kier molecular flexibility index (Phi) is 6.37. The van der Waals surface area contributed by atoms with Gasteiger partial charge in [-0.2, -0.15) is 5.10 Å². The van der Waals surface area contributed by atoms with E-state index < -0.39 is 0 Å². The number of rotatable bonds is 4. The molecule has 4 aliphatic carbocycles. The average Bonchev–Trinajstić information content (AvgIpc) is 2.70. The Morgan fingerprint density at radius 3 is 1.76 bits per heavy atom. The molecule has 0 aromatic heterocycles. The van der Waals surface area contributed by atoms with Crippen molar-refractivity contribution in [1.82, 2.24) is 5.01 Å². The summed E-state index contributed by atoms with van der Waals surface area (Å²) in [7, 11) is 0. The second-order valence-corrected chi connectivity index (χ2v) is 9.61. The highest BCUT2D eigenvalue weighted by atomic mass is 15.5. The van der Waals surface area contributed by atoms with Crippen LogP contribution in [0.5, 0.6) is 0 Å². The van der Waals surface area contributed by atoms with Gasteiger partial charge in [-0.15, -0.1) is 0 Å². The fourth-order valence-electron chi connectivity index (χ4n) is 6.39. The zero-order valence-corrected chi connectivity index (χ0v) is 16.4. The molecule has 0 N–H and O–H groups in total. The van der Waals surface area contributed by atoms with Crippen molar-refractivity contribution in [1.29, 1.82) is 0 Å². The smallest absolute Gasteiger partial charge is 0.0473 e. The maximum Gasteiger partial charge on any atom is 0.0473 e. The van der Waals surface area contributed by atoms with Gasteiger partial charge in [-0.3, -0.25) is 5.01 Å². The van der Waals surface area contributed by atoms with Crippen LogP contribution in [0.4, 0.5) is 0 Å². The fraction of sp³-hybridized carbons (Fsp3) is 0.957. The maximum absolute atomic E-state index is 5.24. The van der Waals surface area contributed by atoms with Crippen LogP contribution in [0.1, 0.15) is 109 Å². The highest BCUT2D eigenvalue weighted by molar-refractivity contribution is 5.60. The van der Waals surface area contributed by atoms with E-state index in [0.29, 0.717) is 0 Å². The summed E-state index contributed by atoms with van der Waals surface area (Å²) in [4.78, 5) is 0. The molecule has 3 unspecified atom stereocenters. The van der Waals surface area contributed by atoms with E-state index in [2.05, 4.69) is 11.2 Å². The number of hydrazone groups is 1. The predicted octanol–water partition coefficient (Wildman–Crippen LogP) is 6.55. The molecule has 142 valence electrons. The molecule has 2 nitrogen and oxygen atoms in total. The van der Waals surface area contributed by atoms with Gasteiger partial charge in [-0.25, -0.2) is 0 Å². The average molecular weight is 345 g/mol. The summed E-state index contributed by atoms with van der Waals surface area (Å²) >= 11 is 0. The molecule has 0 aliphatic heterocycles. The Labute approximate surface area is 155 Å². The van der Waals surface area contributed by atoms with E-state index in [1.54, 1.807) is 0 Å². The quantitative estimate of drug-likeness (QED) is 0.417. The minimum Gasteiger partial charge on any atom is -0.291 e. The van der Waals surface area contributed by atoms with Crippen molar-refractivity contribution in [3.8, 4) is 0 Å². The summed E-state index contributed by atoms with van der Waals surface area (Å²) in [6, 6.07) is 1.50. The van der Waals surface area contributed by atoms with E-state index in [1.807, 2.05) is 0 Å². The van der Waals surface area contributed by atoms with Gasteiger partial charge in [0.2, 0.25) is 0 Å². The lowest BCUT2D eigenvalue weighted by Crippen LogP contribution is -2.42. The van der Waals surface area contributed by atoms with E-state index in [4.69, 9.17) is 5.10 Å². The van der Waals surface area contributed by atoms with Gasteiger partial charge >= 0.3 is 0 Å². The van der Waals surface area contributed by atoms with Crippen LogP contribution in [-0.4, -0.2) is 23.3 Å². The number of fused-ring (bicyclic) bond motifs is 1. The minimum absolute atomic E-state index is 0.749. The molecule has 0 aromatic carbocycles. The molecule has 0 saturated heterocycles. The van der Waals surface area contributed by atoms with E-state index >= 15 is 0 Å². The molecule has 3 atom stereocenters. The Morgan fingerprint density at radius 2 is 1.12 bits per heavy atom. The summed E-state index contributed by atoms with van der Waals surface area (Å²) in [6.45, 7) is 0. The third kappa shape index (κ3) is 4.61. The van der Waals surface area contributed by atoms with Crippen molar-refractivity contribution in [3.63, 3.8) is 0 Å². The molecule has 25 heavy (non-hydrogen) atoms. The number of hydrogen-bond donors (Lipinski definition) is 0. The summed E-state index contributed by atoms with van der Waals surface area (Å²) in [5.74, 6) is 2.86. The van der Waals surface area contributed by atoms with E-state index in [9.17, 15) is 0 Å². The van der Waals surface area contributed by atoms with Gasteiger partial charge in [0.25, 0.3) is 0 Å². The first-order valence-corrected chi connectivity index (χ1v) is 11.7. The van der Waals surface area contributed by atoms with Crippen molar-refractivity contribution in [2.24, 2.45) is 22.9 Å². The van der Waals surface area contributed by atoms with Crippen molar-refractivity contribution >= 4 is 6.21 Å². The Hall–Kier alpha value is -0.530. The summed E-state index contributed by atoms with van der Waals surface area (Å²) in [6.07, 6.45) is 26.9. The van der Waals surface area contributed by atoms with Crippen LogP contribution < -0.4 is 0 Å². The third-order valence-electron chi connectivity index (χ3n) is 7.89. The molecular weight excluding hydrogens is 304 g/mol. The van der Waals surface area contributed by atoms with Gasteiger partial charge in [-0.05, 0) is 62.7 Å². The first-order chi connectivity index (χ1) is 12.4. The lowest BCUT2D eigenvalue weighted by molar-refractivity contribution is 0.0837. The molecule has 0 spiro atoms. The van der Waals surface area contributed by atoms with Gasteiger partial charge in [0.05, 0.1) is 0 Å². The number of hydrogen-bond acceptors (Lipinski definition) is 2. The van der Waals surface area contributed by atoms with Gasteiger partial charge in [0, 0.05) is 18.3 Å². The molecule has 0 aromatic rings. The normalized spacial score (nSPS) is 35.6. The molecular formula is C23H40N2. The van der Waals surface area contributed by atoms with Crippen molar-refractivity contribution < 1.29 is 0 Å². The Morgan fingerprint density at radius 1 is 0.560 bits per heavy atom. The molecule has 4 rings (SSSR count). The van der Waals surface area contributed by atoms with Gasteiger partial charge in [0.1, 0.15) is 0 Å². The SMILES string of the molecule is C(=NN(C1CCCCC1)C1CCCCC1)C1CCC2CCCCC2C1. The zero-order chi connectivity index (χ0) is 16.9. The first-order valence-electron chi connectivity index (χ1n) is 11.7. The van der Waals surface area contributed by atoms with E-state index in [1.165, 1.54) is 109 Å². The van der Waals surface area contributed by atoms with Crippen LogP contribution in [-0.2, 0) is 0 Å². The lowest BCUT2D eigenvalue weighted by Gasteiger charge is -2.41. The van der Waals surface area contributed by atoms with Crippen LogP contribution in [0, 0.1) is 17.8 Å². The van der Waals surface area contributed by atoms with Gasteiger partial charge < -0.3 is 0 Å². The first kappa shape index (κ1) is 17.9. The molecule has 4 saturated carbocycles. The van der Waals surface area contributed by atoms with E-state index in [-0.39, 0.29) is 0 Å². The lowest BCUT2D eigenvalue weighted by atomic mass is 9.68. The second-order valence-electron chi connectivity index (χ2n) is 9.61. The summed E-state index contributed by atoms with van der Waals surface area (Å²) in [5.41, 5.74) is 0. The Bertz CT molecular complexity index is 402. The van der Waals surface area contributed by atoms with Crippen LogP contribution in [0.25, 0.3) is 0 Å². The van der Waals surface area contributed by atoms with Crippen LogP contribution >= 0.6 is 0 Å². The second kappa shape index (κ2) is 8.91. The number of nitrogens with zero attached hydrogens (tertiary/aromatic N) is 2. The fourth-order valence-corrected chi connectivity index (χ4v) is 6.39. The standard InChI is InChI=1S/C23H40N2/c1-3-11-22(12-4-1)25(23-13-5-2-6-14-23)24-18-19-15-16-20-9-7-8-10-21(20)17-19/h18-23H,1-17H2. The van der Waals surface area contributed by atoms with Crippen LogP contribution in [0.15, 0.2) is 5.10 Å². The molecule has 0 radical (unpaired) electrons. The van der Waals surface area contributed by atoms with Gasteiger partial charge in [-0.1, -0.05) is 64.2 Å². The Balaban J connectivity index is 1.39. The molecule has 0 heterocycles. The summed E-state index contributed by atoms with van der Waals surface area (Å²) < 4.78 is 0. The predicted molar refractivity (Wildman–Crippen MR) is 107 cm³/mol. The summed E-state index contributed by atoms with van der Waals surface area (Å²) in [5, 5.41) is 7.87. The van der Waals surface area contributed by atoms with E-state index in [0.717, 1.165) is 29.8 Å². The van der Waals surface area contributed by atoms with Crippen molar-refractivity contribution in [3.05, 3.63) is 0 Å². The maximum atomic E-state index is 5.24.